The van der Waals surface area contributed by atoms with E-state index in [-0.39, 0.29) is 0 Å². The van der Waals surface area contributed by atoms with E-state index in [1.165, 1.54) is 7.11 Å². The van der Waals surface area contributed by atoms with E-state index in [2.05, 4.69) is 4.74 Å². The van der Waals surface area contributed by atoms with Gasteiger partial charge >= 0.3 is 5.97 Å². The highest BCUT2D eigenvalue weighted by Crippen LogP contribution is 2.15. The van der Waals surface area contributed by atoms with Crippen molar-refractivity contribution in [2.24, 2.45) is 0 Å². The molecule has 0 aliphatic rings. The van der Waals surface area contributed by atoms with Crippen LogP contribution in [0.15, 0.2) is 24.3 Å². The molecule has 0 aliphatic heterocycles. The van der Waals surface area contributed by atoms with Crippen LogP contribution in [0, 0.1) is 0 Å². The summed E-state index contributed by atoms with van der Waals surface area (Å²) in [5, 5.41) is -0.650. The van der Waals surface area contributed by atoms with Crippen LogP contribution in [0.1, 0.15) is 11.1 Å². The summed E-state index contributed by atoms with van der Waals surface area (Å²) in [6.07, 6.45) is 0.452. The number of carbonyl (C=O) groups is 1. The Labute approximate surface area is 100 Å². The summed E-state index contributed by atoms with van der Waals surface area (Å²) in [4.78, 5) is 11.2. The predicted molar refractivity (Wildman–Crippen MR) is 62.5 cm³/mol. The SMILES string of the molecule is COCc1ccccc1CC(Cl)C(=O)OC. The number of halogens is 1. The van der Waals surface area contributed by atoms with Crippen LogP contribution in [0.4, 0.5) is 0 Å². The summed E-state index contributed by atoms with van der Waals surface area (Å²) in [6.45, 7) is 0.515. The van der Waals surface area contributed by atoms with Crippen molar-refractivity contribution in [2.75, 3.05) is 14.2 Å². The summed E-state index contributed by atoms with van der Waals surface area (Å²) in [7, 11) is 2.97. The Kier molecular flexibility index (Phi) is 5.29. The first kappa shape index (κ1) is 13.0. The average Bonchev–Trinajstić information content (AvgIpc) is 2.31. The van der Waals surface area contributed by atoms with Crippen LogP contribution >= 0.6 is 11.6 Å². The van der Waals surface area contributed by atoms with Gasteiger partial charge in [0.1, 0.15) is 5.38 Å². The first-order valence-electron chi connectivity index (χ1n) is 4.96. The normalized spacial score (nSPS) is 12.2. The Morgan fingerprint density at radius 2 is 1.94 bits per heavy atom. The van der Waals surface area contributed by atoms with Gasteiger partial charge < -0.3 is 9.47 Å². The Morgan fingerprint density at radius 1 is 1.31 bits per heavy atom. The number of ether oxygens (including phenoxy) is 2. The largest absolute Gasteiger partial charge is 0.468 e. The van der Waals surface area contributed by atoms with Gasteiger partial charge in [-0.1, -0.05) is 24.3 Å². The predicted octanol–water partition coefficient (Wildman–Crippen LogP) is 2.16. The molecule has 1 rings (SSSR count). The first-order chi connectivity index (χ1) is 7.69. The van der Waals surface area contributed by atoms with Gasteiger partial charge in [0.2, 0.25) is 0 Å². The summed E-state index contributed by atoms with van der Waals surface area (Å²) in [6, 6.07) is 7.74. The highest BCUT2D eigenvalue weighted by Gasteiger charge is 2.17. The molecule has 0 aliphatic carbocycles. The highest BCUT2D eigenvalue weighted by molar-refractivity contribution is 6.30. The Bertz CT molecular complexity index is 352. The molecule has 16 heavy (non-hydrogen) atoms. The second-order valence-electron chi connectivity index (χ2n) is 3.40. The van der Waals surface area contributed by atoms with E-state index in [1.807, 2.05) is 24.3 Å². The zero-order valence-corrected chi connectivity index (χ0v) is 10.2. The molecule has 0 amide bonds. The molecule has 0 bridgehead atoms. The molecule has 0 saturated carbocycles. The minimum absolute atomic E-state index is 0.408. The van der Waals surface area contributed by atoms with Crippen LogP contribution in [0.3, 0.4) is 0 Å². The summed E-state index contributed by atoms with van der Waals surface area (Å²) in [5.74, 6) is -0.408. The molecule has 1 aromatic carbocycles. The monoisotopic (exact) mass is 242 g/mol. The van der Waals surface area contributed by atoms with E-state index in [4.69, 9.17) is 16.3 Å². The van der Waals surface area contributed by atoms with Crippen LogP contribution in [0.5, 0.6) is 0 Å². The maximum absolute atomic E-state index is 11.2. The second-order valence-corrected chi connectivity index (χ2v) is 3.92. The van der Waals surface area contributed by atoms with Gasteiger partial charge in [-0.05, 0) is 17.5 Å². The van der Waals surface area contributed by atoms with Crippen molar-refractivity contribution < 1.29 is 14.3 Å². The number of carbonyl (C=O) groups excluding carboxylic acids is 1. The van der Waals surface area contributed by atoms with Crippen LogP contribution in [0.25, 0.3) is 0 Å². The molecule has 1 unspecified atom stereocenters. The zero-order valence-electron chi connectivity index (χ0n) is 9.40. The molecule has 1 aromatic rings. The topological polar surface area (TPSA) is 35.5 Å². The van der Waals surface area contributed by atoms with E-state index < -0.39 is 11.3 Å². The maximum Gasteiger partial charge on any atom is 0.324 e. The molecule has 1 atom stereocenters. The third-order valence-corrected chi connectivity index (χ3v) is 2.61. The first-order valence-corrected chi connectivity index (χ1v) is 5.40. The van der Waals surface area contributed by atoms with Crippen LogP contribution in [-0.4, -0.2) is 25.6 Å². The van der Waals surface area contributed by atoms with Crippen molar-refractivity contribution >= 4 is 17.6 Å². The number of benzene rings is 1. The number of alkyl halides is 1. The van der Waals surface area contributed by atoms with Crippen LogP contribution < -0.4 is 0 Å². The number of rotatable bonds is 5. The van der Waals surface area contributed by atoms with Crippen LogP contribution in [0.2, 0.25) is 0 Å². The third-order valence-electron chi connectivity index (χ3n) is 2.27. The smallest absolute Gasteiger partial charge is 0.324 e. The number of hydrogen-bond donors (Lipinski definition) is 0. The Morgan fingerprint density at radius 3 is 2.50 bits per heavy atom. The van der Waals surface area contributed by atoms with Crippen LogP contribution in [-0.2, 0) is 27.3 Å². The van der Waals surface area contributed by atoms with Crippen molar-refractivity contribution in [3.05, 3.63) is 35.4 Å². The molecular formula is C12H15ClO3. The zero-order chi connectivity index (χ0) is 12.0. The molecule has 3 nitrogen and oxygen atoms in total. The van der Waals surface area contributed by atoms with Gasteiger partial charge in [-0.3, -0.25) is 4.79 Å². The summed E-state index contributed by atoms with van der Waals surface area (Å²) >= 11 is 5.92. The fourth-order valence-corrected chi connectivity index (χ4v) is 1.71. The van der Waals surface area contributed by atoms with Gasteiger partial charge in [-0.2, -0.15) is 0 Å². The van der Waals surface area contributed by atoms with Gasteiger partial charge in [0.25, 0.3) is 0 Å². The Balaban J connectivity index is 2.75. The van der Waals surface area contributed by atoms with Gasteiger partial charge in [-0.15, -0.1) is 11.6 Å². The molecule has 0 N–H and O–H groups in total. The fraction of sp³-hybridized carbons (Fsp3) is 0.417. The minimum atomic E-state index is -0.650. The van der Waals surface area contributed by atoms with E-state index >= 15 is 0 Å². The molecule has 0 radical (unpaired) electrons. The molecule has 4 heteroatoms. The Hall–Kier alpha value is -1.06. The van der Waals surface area contributed by atoms with Crippen molar-refractivity contribution in [1.82, 2.24) is 0 Å². The van der Waals surface area contributed by atoms with Gasteiger partial charge in [0.15, 0.2) is 0 Å². The second kappa shape index (κ2) is 6.51. The molecule has 0 saturated heterocycles. The van der Waals surface area contributed by atoms with Gasteiger partial charge in [0, 0.05) is 7.11 Å². The maximum atomic E-state index is 11.2. The third kappa shape index (κ3) is 3.51. The highest BCUT2D eigenvalue weighted by atomic mass is 35.5. The fourth-order valence-electron chi connectivity index (χ4n) is 1.46. The standard InChI is InChI=1S/C12H15ClO3/c1-15-8-10-6-4-3-5-9(10)7-11(13)12(14)16-2/h3-6,11H,7-8H2,1-2H3. The molecule has 0 fully saturated rings. The lowest BCUT2D eigenvalue weighted by Crippen LogP contribution is -2.19. The van der Waals surface area contributed by atoms with E-state index in [0.29, 0.717) is 13.0 Å². The number of hydrogen-bond acceptors (Lipinski definition) is 3. The van der Waals surface area contributed by atoms with E-state index in [0.717, 1.165) is 11.1 Å². The quantitative estimate of drug-likeness (QED) is 0.586. The molecular weight excluding hydrogens is 228 g/mol. The van der Waals surface area contributed by atoms with Gasteiger partial charge in [0.05, 0.1) is 13.7 Å². The molecule has 88 valence electrons. The number of esters is 1. The number of methoxy groups -OCH3 is 2. The average molecular weight is 243 g/mol. The van der Waals surface area contributed by atoms with Crippen molar-refractivity contribution in [3.63, 3.8) is 0 Å². The van der Waals surface area contributed by atoms with E-state index in [1.54, 1.807) is 7.11 Å². The minimum Gasteiger partial charge on any atom is -0.468 e. The lowest BCUT2D eigenvalue weighted by Gasteiger charge is -2.11. The molecule has 0 spiro atoms. The van der Waals surface area contributed by atoms with Gasteiger partial charge in [-0.25, -0.2) is 0 Å². The van der Waals surface area contributed by atoms with Crippen molar-refractivity contribution in [1.29, 1.82) is 0 Å². The lowest BCUT2D eigenvalue weighted by atomic mass is 10.0. The summed E-state index contributed by atoms with van der Waals surface area (Å²) in [5.41, 5.74) is 2.05. The summed E-state index contributed by atoms with van der Waals surface area (Å²) < 4.78 is 9.66. The van der Waals surface area contributed by atoms with E-state index in [9.17, 15) is 4.79 Å². The molecule has 0 heterocycles. The van der Waals surface area contributed by atoms with Crippen molar-refractivity contribution in [3.8, 4) is 0 Å². The molecule has 0 aromatic heterocycles. The van der Waals surface area contributed by atoms with Crippen molar-refractivity contribution in [2.45, 2.75) is 18.4 Å². The lowest BCUT2D eigenvalue weighted by molar-refractivity contribution is -0.140.